The third-order valence-corrected chi connectivity index (χ3v) is 2.22. The topological polar surface area (TPSA) is 89.6 Å². The summed E-state index contributed by atoms with van der Waals surface area (Å²) in [6.45, 7) is 0.417. The first-order valence-electron chi connectivity index (χ1n) is 5.45. The predicted octanol–water partition coefficient (Wildman–Crippen LogP) is 3.50. The smallest absolute Gasteiger partial charge is 0.176 e. The van der Waals surface area contributed by atoms with Gasteiger partial charge in [0.15, 0.2) is 5.78 Å². The van der Waals surface area contributed by atoms with Gasteiger partial charge in [-0.25, -0.2) is 0 Å². The summed E-state index contributed by atoms with van der Waals surface area (Å²) in [6.07, 6.45) is 4.28. The maximum absolute atomic E-state index is 11.5. The van der Waals surface area contributed by atoms with E-state index in [4.69, 9.17) is 10.8 Å². The van der Waals surface area contributed by atoms with Crippen LogP contribution >= 0.6 is 0 Å². The van der Waals surface area contributed by atoms with Crippen LogP contribution in [0.15, 0.2) is 35.5 Å². The average Bonchev–Trinajstić information content (AvgIpc) is 2.39. The van der Waals surface area contributed by atoms with Crippen molar-refractivity contribution >= 4 is 11.9 Å². The minimum Gasteiger partial charge on any atom is -0.293 e. The molecule has 5 heteroatoms. The van der Waals surface area contributed by atoms with E-state index < -0.39 is 0 Å². The van der Waals surface area contributed by atoms with Crippen molar-refractivity contribution in [2.45, 2.75) is 12.8 Å². The van der Waals surface area contributed by atoms with Crippen molar-refractivity contribution in [2.24, 2.45) is 5.11 Å². The molecule has 0 aliphatic heterocycles. The maximum atomic E-state index is 11.5. The second-order valence-corrected chi connectivity index (χ2v) is 3.53. The van der Waals surface area contributed by atoms with Gasteiger partial charge in [0.25, 0.3) is 0 Å². The highest BCUT2D eigenvalue weighted by Crippen LogP contribution is 2.09. The minimum atomic E-state index is -0.179. The number of hydrogen-bond donors (Lipinski definition) is 0. The molecule has 0 fully saturated rings. The number of nitriles is 1. The number of nitrogens with zero attached hydrogens (tertiary/aromatic N) is 4. The molecule has 0 saturated carbocycles. The largest absolute Gasteiger partial charge is 0.293 e. The van der Waals surface area contributed by atoms with Gasteiger partial charge in [0.2, 0.25) is 0 Å². The molecule has 0 amide bonds. The van der Waals surface area contributed by atoms with Gasteiger partial charge in [0.05, 0.1) is 12.5 Å². The van der Waals surface area contributed by atoms with Gasteiger partial charge in [0, 0.05) is 17.0 Å². The molecule has 0 N–H and O–H groups in total. The zero-order chi connectivity index (χ0) is 13.2. The van der Waals surface area contributed by atoms with E-state index in [2.05, 4.69) is 10.0 Å². The van der Waals surface area contributed by atoms with E-state index in [0.29, 0.717) is 18.5 Å². The number of carbonyl (C=O) groups is 1. The molecule has 5 nitrogen and oxygen atoms in total. The van der Waals surface area contributed by atoms with Crippen molar-refractivity contribution < 1.29 is 4.79 Å². The molecule has 0 saturated heterocycles. The zero-order valence-corrected chi connectivity index (χ0v) is 9.78. The third kappa shape index (κ3) is 4.52. The summed E-state index contributed by atoms with van der Waals surface area (Å²) in [5.41, 5.74) is 9.53. The molecule has 0 unspecified atom stereocenters. The molecule has 90 valence electrons. The molecule has 1 aromatic rings. The number of Topliss-reactive ketones (excluding diaryl/α,β-unsaturated/α-hetero) is 1. The highest BCUT2D eigenvalue weighted by atomic mass is 16.1. The Labute approximate surface area is 105 Å². The van der Waals surface area contributed by atoms with Crippen LogP contribution in [0.25, 0.3) is 16.5 Å². The van der Waals surface area contributed by atoms with E-state index in [9.17, 15) is 4.79 Å². The Bertz CT molecular complexity index is 536. The molecule has 0 atom stereocenters. The van der Waals surface area contributed by atoms with Crippen molar-refractivity contribution in [3.8, 4) is 6.07 Å². The molecule has 0 radical (unpaired) electrons. The Morgan fingerprint density at radius 3 is 3.11 bits per heavy atom. The summed E-state index contributed by atoms with van der Waals surface area (Å²) in [6, 6.07) is 8.91. The number of rotatable bonds is 6. The summed E-state index contributed by atoms with van der Waals surface area (Å²) < 4.78 is 0. The molecule has 1 aromatic carbocycles. The second-order valence-electron chi connectivity index (χ2n) is 3.53. The Kier molecular flexibility index (Phi) is 5.74. The van der Waals surface area contributed by atoms with Crippen molar-refractivity contribution in [3.05, 3.63) is 51.9 Å². The van der Waals surface area contributed by atoms with E-state index >= 15 is 0 Å². The van der Waals surface area contributed by atoms with E-state index in [0.717, 1.165) is 5.56 Å². The quantitative estimate of drug-likeness (QED) is 0.250. The van der Waals surface area contributed by atoms with Crippen LogP contribution in [-0.4, -0.2) is 12.3 Å². The minimum absolute atomic E-state index is 0.107. The van der Waals surface area contributed by atoms with Crippen molar-refractivity contribution in [3.63, 3.8) is 0 Å². The third-order valence-electron chi connectivity index (χ3n) is 2.22. The van der Waals surface area contributed by atoms with Gasteiger partial charge in [-0.15, -0.1) is 0 Å². The molecular formula is C13H12N4O. The van der Waals surface area contributed by atoms with Crippen LogP contribution in [-0.2, 0) is 0 Å². The fourth-order valence-electron chi connectivity index (χ4n) is 1.39. The number of azide groups is 1. The normalized spacial score (nSPS) is 9.72. The van der Waals surface area contributed by atoms with Crippen LogP contribution in [0.2, 0.25) is 0 Å². The van der Waals surface area contributed by atoms with Gasteiger partial charge in [-0.05, 0) is 23.6 Å². The fraction of sp³-hybridized carbons (Fsp3) is 0.231. The van der Waals surface area contributed by atoms with Gasteiger partial charge in [0.1, 0.15) is 0 Å². The standard InChI is InChI=1S/C13H12N4O/c14-8-7-13(18)12-6-3-5-11(10-12)4-1-2-9-16-17-15/h1,3-6,10H,2,7,9H2. The second kappa shape index (κ2) is 7.66. The Morgan fingerprint density at radius 1 is 1.56 bits per heavy atom. The van der Waals surface area contributed by atoms with Crippen LogP contribution in [0.5, 0.6) is 0 Å². The lowest BCUT2D eigenvalue weighted by molar-refractivity contribution is 0.0997. The highest BCUT2D eigenvalue weighted by Gasteiger charge is 2.04. The van der Waals surface area contributed by atoms with Crippen molar-refractivity contribution in [2.75, 3.05) is 6.54 Å². The summed E-state index contributed by atoms with van der Waals surface area (Å²) in [4.78, 5) is 14.2. The number of carbonyl (C=O) groups excluding carboxylic acids is 1. The molecule has 1 rings (SSSR count). The summed E-state index contributed by atoms with van der Waals surface area (Å²) in [7, 11) is 0. The van der Waals surface area contributed by atoms with Gasteiger partial charge >= 0.3 is 0 Å². The molecule has 0 aliphatic rings. The van der Waals surface area contributed by atoms with Crippen LogP contribution in [0.3, 0.4) is 0 Å². The first kappa shape index (κ1) is 13.5. The van der Waals surface area contributed by atoms with Crippen molar-refractivity contribution in [1.29, 1.82) is 5.26 Å². The van der Waals surface area contributed by atoms with E-state index in [1.165, 1.54) is 0 Å². The summed E-state index contributed by atoms with van der Waals surface area (Å²) >= 11 is 0. The zero-order valence-electron chi connectivity index (χ0n) is 9.78. The van der Waals surface area contributed by atoms with E-state index in [-0.39, 0.29) is 12.2 Å². The fourth-order valence-corrected chi connectivity index (χ4v) is 1.39. The Morgan fingerprint density at radius 2 is 2.39 bits per heavy atom. The van der Waals surface area contributed by atoms with Crippen molar-refractivity contribution in [1.82, 2.24) is 0 Å². The monoisotopic (exact) mass is 240 g/mol. The molecule has 0 aliphatic carbocycles. The highest BCUT2D eigenvalue weighted by molar-refractivity contribution is 5.97. The summed E-state index contributed by atoms with van der Waals surface area (Å²) in [5.74, 6) is -0.179. The SMILES string of the molecule is N#CCC(=O)c1cccc(C=CCCN=[N+]=[N-])c1. The summed E-state index contributed by atoms with van der Waals surface area (Å²) in [5, 5.41) is 11.9. The lowest BCUT2D eigenvalue weighted by atomic mass is 10.1. The van der Waals surface area contributed by atoms with Crippen LogP contribution < -0.4 is 0 Å². The molecule has 0 aromatic heterocycles. The first-order valence-corrected chi connectivity index (χ1v) is 5.45. The van der Waals surface area contributed by atoms with Crippen LogP contribution in [0.1, 0.15) is 28.8 Å². The number of hydrogen-bond acceptors (Lipinski definition) is 3. The van der Waals surface area contributed by atoms with E-state index in [1.807, 2.05) is 24.3 Å². The number of ketones is 1. The lowest BCUT2D eigenvalue weighted by Crippen LogP contribution is -1.97. The van der Waals surface area contributed by atoms with E-state index in [1.54, 1.807) is 18.2 Å². The molecule has 18 heavy (non-hydrogen) atoms. The Hall–Kier alpha value is -2.57. The lowest BCUT2D eigenvalue weighted by Gasteiger charge is -1.98. The Balaban J connectivity index is 2.67. The maximum Gasteiger partial charge on any atom is 0.176 e. The molecule has 0 heterocycles. The van der Waals surface area contributed by atoms with Crippen LogP contribution in [0.4, 0.5) is 0 Å². The molecule has 0 spiro atoms. The van der Waals surface area contributed by atoms with Gasteiger partial charge in [-0.2, -0.15) is 5.26 Å². The van der Waals surface area contributed by atoms with Gasteiger partial charge < -0.3 is 0 Å². The van der Waals surface area contributed by atoms with Gasteiger partial charge in [-0.1, -0.05) is 35.5 Å². The molecular weight excluding hydrogens is 228 g/mol. The van der Waals surface area contributed by atoms with Crippen LogP contribution in [0, 0.1) is 11.3 Å². The first-order chi connectivity index (χ1) is 8.77. The van der Waals surface area contributed by atoms with Gasteiger partial charge in [-0.3, -0.25) is 4.79 Å². The predicted molar refractivity (Wildman–Crippen MR) is 68.7 cm³/mol. The molecule has 0 bridgehead atoms. The average molecular weight is 240 g/mol. The number of benzene rings is 1.